The van der Waals surface area contributed by atoms with Gasteiger partial charge in [-0.05, 0) is 72.9 Å². The predicted octanol–water partition coefficient (Wildman–Crippen LogP) is 5.31. The summed E-state index contributed by atoms with van der Waals surface area (Å²) in [4.78, 5) is 27.5. The molecular weight excluding hydrogens is 470 g/mol. The molecule has 0 spiro atoms. The highest BCUT2D eigenvalue weighted by Gasteiger charge is 2.21. The van der Waals surface area contributed by atoms with Gasteiger partial charge >= 0.3 is 0 Å². The summed E-state index contributed by atoms with van der Waals surface area (Å²) in [5.41, 5.74) is 2.89. The SMILES string of the molecule is CC1CCN(C(=O)c2cccc(NC(=S)NC(=O)c3cccc(OCCc4ccccc4)c3)c2)CC1. The third-order valence-electron chi connectivity index (χ3n) is 6.26. The Hall–Kier alpha value is -3.71. The number of benzene rings is 3. The van der Waals surface area contributed by atoms with Crippen molar-refractivity contribution in [1.29, 1.82) is 0 Å². The standard InChI is InChI=1S/C29H31N3O3S/c1-21-13-16-32(17-14-21)28(34)24-10-5-11-25(19-24)30-29(36)31-27(33)23-9-6-12-26(20-23)35-18-15-22-7-3-2-4-8-22/h2-12,19-21H,13-18H2,1H3,(H2,30,31,33,36). The lowest BCUT2D eigenvalue weighted by molar-refractivity contribution is 0.0697. The zero-order chi connectivity index (χ0) is 25.3. The molecule has 3 aromatic rings. The van der Waals surface area contributed by atoms with Gasteiger partial charge < -0.3 is 15.0 Å². The number of carbonyl (C=O) groups excluding carboxylic acids is 2. The van der Waals surface area contributed by atoms with Gasteiger partial charge in [0.05, 0.1) is 6.61 Å². The van der Waals surface area contributed by atoms with Gasteiger partial charge in [-0.25, -0.2) is 0 Å². The van der Waals surface area contributed by atoms with E-state index in [1.807, 2.05) is 41.3 Å². The number of hydrogen-bond donors (Lipinski definition) is 2. The Balaban J connectivity index is 1.30. The maximum Gasteiger partial charge on any atom is 0.257 e. The van der Waals surface area contributed by atoms with Gasteiger partial charge in [0.1, 0.15) is 5.75 Å². The molecule has 2 amide bonds. The molecule has 0 bridgehead atoms. The maximum atomic E-state index is 12.9. The maximum absolute atomic E-state index is 12.9. The second-order valence-electron chi connectivity index (χ2n) is 9.08. The minimum atomic E-state index is -0.337. The molecule has 7 heteroatoms. The summed E-state index contributed by atoms with van der Waals surface area (Å²) < 4.78 is 5.83. The molecule has 3 aromatic carbocycles. The number of likely N-dealkylation sites (tertiary alicyclic amines) is 1. The van der Waals surface area contributed by atoms with Crippen molar-refractivity contribution in [2.24, 2.45) is 5.92 Å². The van der Waals surface area contributed by atoms with Crippen molar-refractivity contribution in [2.45, 2.75) is 26.2 Å². The molecule has 1 fully saturated rings. The summed E-state index contributed by atoms with van der Waals surface area (Å²) >= 11 is 5.35. The Labute approximate surface area is 217 Å². The normalized spacial score (nSPS) is 13.6. The molecule has 2 N–H and O–H groups in total. The van der Waals surface area contributed by atoms with Crippen molar-refractivity contribution in [1.82, 2.24) is 10.2 Å². The first kappa shape index (κ1) is 25.4. The number of amides is 2. The molecule has 1 saturated heterocycles. The van der Waals surface area contributed by atoms with Crippen molar-refractivity contribution in [2.75, 3.05) is 25.0 Å². The van der Waals surface area contributed by atoms with Crippen LogP contribution in [-0.4, -0.2) is 41.5 Å². The van der Waals surface area contributed by atoms with Crippen molar-refractivity contribution in [3.8, 4) is 5.75 Å². The first-order valence-electron chi connectivity index (χ1n) is 12.3. The average Bonchev–Trinajstić information content (AvgIpc) is 2.89. The number of ether oxygens (including phenoxy) is 1. The average molecular weight is 502 g/mol. The fourth-order valence-corrected chi connectivity index (χ4v) is 4.33. The van der Waals surface area contributed by atoms with E-state index in [0.29, 0.717) is 35.1 Å². The predicted molar refractivity (Wildman–Crippen MR) is 147 cm³/mol. The van der Waals surface area contributed by atoms with E-state index in [-0.39, 0.29) is 16.9 Å². The zero-order valence-corrected chi connectivity index (χ0v) is 21.2. The summed E-state index contributed by atoms with van der Waals surface area (Å²) in [7, 11) is 0. The van der Waals surface area contributed by atoms with Gasteiger partial charge in [0.2, 0.25) is 0 Å². The van der Waals surface area contributed by atoms with Crippen LogP contribution in [0.3, 0.4) is 0 Å². The Morgan fingerprint density at radius 3 is 2.44 bits per heavy atom. The minimum Gasteiger partial charge on any atom is -0.493 e. The van der Waals surface area contributed by atoms with Gasteiger partial charge in [-0.3, -0.25) is 14.9 Å². The largest absolute Gasteiger partial charge is 0.493 e. The molecule has 1 aliphatic heterocycles. The Morgan fingerprint density at radius 1 is 0.944 bits per heavy atom. The van der Waals surface area contributed by atoms with Crippen LogP contribution in [0, 0.1) is 5.92 Å². The number of carbonyl (C=O) groups is 2. The molecule has 4 rings (SSSR count). The van der Waals surface area contributed by atoms with Crippen molar-refractivity contribution >= 4 is 34.8 Å². The molecule has 0 unspecified atom stereocenters. The van der Waals surface area contributed by atoms with Crippen LogP contribution >= 0.6 is 12.2 Å². The monoisotopic (exact) mass is 501 g/mol. The van der Waals surface area contributed by atoms with Gasteiger partial charge in [0.25, 0.3) is 11.8 Å². The Kier molecular flexibility index (Phi) is 8.68. The van der Waals surface area contributed by atoms with E-state index in [4.69, 9.17) is 17.0 Å². The van der Waals surface area contributed by atoms with Crippen LogP contribution in [0.2, 0.25) is 0 Å². The fourth-order valence-electron chi connectivity index (χ4n) is 4.12. The molecule has 36 heavy (non-hydrogen) atoms. The van der Waals surface area contributed by atoms with Crippen molar-refractivity contribution < 1.29 is 14.3 Å². The Morgan fingerprint density at radius 2 is 1.67 bits per heavy atom. The van der Waals surface area contributed by atoms with Crippen molar-refractivity contribution in [3.63, 3.8) is 0 Å². The fraction of sp³-hybridized carbons (Fsp3) is 0.276. The van der Waals surface area contributed by atoms with Gasteiger partial charge in [-0.15, -0.1) is 0 Å². The highest BCUT2D eigenvalue weighted by molar-refractivity contribution is 7.80. The number of piperidine rings is 1. The molecule has 1 aliphatic rings. The first-order valence-corrected chi connectivity index (χ1v) is 12.7. The van der Waals surface area contributed by atoms with E-state index in [2.05, 4.69) is 29.7 Å². The van der Waals surface area contributed by atoms with Crippen LogP contribution < -0.4 is 15.4 Å². The second kappa shape index (κ2) is 12.3. The van der Waals surface area contributed by atoms with Crippen LogP contribution in [0.1, 0.15) is 46.0 Å². The van der Waals surface area contributed by atoms with Gasteiger partial charge in [-0.2, -0.15) is 0 Å². The summed E-state index contributed by atoms with van der Waals surface area (Å²) in [6.45, 7) is 4.29. The smallest absolute Gasteiger partial charge is 0.257 e. The molecule has 1 heterocycles. The lowest BCUT2D eigenvalue weighted by atomic mass is 9.98. The van der Waals surface area contributed by atoms with Crippen LogP contribution in [-0.2, 0) is 6.42 Å². The summed E-state index contributed by atoms with van der Waals surface area (Å²) in [6, 6.07) is 24.3. The molecule has 0 atom stereocenters. The van der Waals surface area contributed by atoms with Gasteiger partial charge in [-0.1, -0.05) is 49.4 Å². The highest BCUT2D eigenvalue weighted by atomic mass is 32.1. The zero-order valence-electron chi connectivity index (χ0n) is 20.4. The third kappa shape index (κ3) is 7.15. The molecular formula is C29H31N3O3S. The van der Waals surface area contributed by atoms with E-state index in [1.165, 1.54) is 5.56 Å². The molecule has 0 radical (unpaired) electrons. The topological polar surface area (TPSA) is 70.7 Å². The second-order valence-corrected chi connectivity index (χ2v) is 9.48. The number of nitrogens with zero attached hydrogens (tertiary/aromatic N) is 1. The van der Waals surface area contributed by atoms with E-state index in [9.17, 15) is 9.59 Å². The third-order valence-corrected chi connectivity index (χ3v) is 6.47. The molecule has 186 valence electrons. The number of hydrogen-bond acceptors (Lipinski definition) is 4. The van der Waals surface area contributed by atoms with Crippen LogP contribution in [0.15, 0.2) is 78.9 Å². The summed E-state index contributed by atoms with van der Waals surface area (Å²) in [6.07, 6.45) is 2.84. The van der Waals surface area contributed by atoms with E-state index in [0.717, 1.165) is 32.4 Å². The number of thiocarbonyl (C=S) groups is 1. The van der Waals surface area contributed by atoms with Crippen LogP contribution in [0.25, 0.3) is 0 Å². The number of anilines is 1. The molecule has 6 nitrogen and oxygen atoms in total. The summed E-state index contributed by atoms with van der Waals surface area (Å²) in [5, 5.41) is 5.87. The van der Waals surface area contributed by atoms with E-state index < -0.39 is 0 Å². The lowest BCUT2D eigenvalue weighted by Crippen LogP contribution is -2.38. The first-order chi connectivity index (χ1) is 17.5. The number of rotatable bonds is 7. The number of nitrogens with one attached hydrogen (secondary N) is 2. The molecule has 0 saturated carbocycles. The van der Waals surface area contributed by atoms with E-state index >= 15 is 0 Å². The lowest BCUT2D eigenvalue weighted by Gasteiger charge is -2.30. The minimum absolute atomic E-state index is 0.0181. The highest BCUT2D eigenvalue weighted by Crippen LogP contribution is 2.20. The quantitative estimate of drug-likeness (QED) is 0.430. The summed E-state index contributed by atoms with van der Waals surface area (Å²) in [5.74, 6) is 0.959. The molecule has 0 aromatic heterocycles. The van der Waals surface area contributed by atoms with Crippen molar-refractivity contribution in [3.05, 3.63) is 95.6 Å². The van der Waals surface area contributed by atoms with Crippen LogP contribution in [0.4, 0.5) is 5.69 Å². The Bertz CT molecular complexity index is 1210. The van der Waals surface area contributed by atoms with E-state index in [1.54, 1.807) is 30.3 Å². The van der Waals surface area contributed by atoms with Gasteiger partial charge in [0, 0.05) is 36.3 Å². The van der Waals surface area contributed by atoms with Crippen LogP contribution in [0.5, 0.6) is 5.75 Å². The van der Waals surface area contributed by atoms with Gasteiger partial charge in [0.15, 0.2) is 5.11 Å². The molecule has 0 aliphatic carbocycles.